The fourth-order valence-electron chi connectivity index (χ4n) is 3.46. The predicted octanol–water partition coefficient (Wildman–Crippen LogP) is 3.59. The Morgan fingerprint density at radius 3 is 2.57 bits per heavy atom. The summed E-state index contributed by atoms with van der Waals surface area (Å²) < 4.78 is 0. The third-order valence-electron chi connectivity index (χ3n) is 5.46. The lowest BCUT2D eigenvalue weighted by molar-refractivity contribution is 0.0782. The van der Waals surface area contributed by atoms with Crippen molar-refractivity contribution in [1.29, 1.82) is 0 Å². The van der Waals surface area contributed by atoms with E-state index in [-0.39, 0.29) is 46.4 Å². The maximum absolute atomic E-state index is 12.7. The van der Waals surface area contributed by atoms with Crippen LogP contribution in [0, 0.1) is 0 Å². The number of amides is 1. The molecular weight excluding hydrogens is 402 g/mol. The zero-order chi connectivity index (χ0) is 21.4. The SMILES string of the molecule is CC[C@@H](Nc1c(Nc2cccc(C(=O)N(C)C3CC3)c2O)c(=O)c1=O)c1cccs1. The molecule has 3 aromatic rings. The van der Waals surface area contributed by atoms with Crippen LogP contribution in [-0.4, -0.2) is 29.0 Å². The molecule has 0 unspecified atom stereocenters. The first-order valence-corrected chi connectivity index (χ1v) is 10.8. The fourth-order valence-corrected chi connectivity index (χ4v) is 4.32. The Balaban J connectivity index is 1.59. The van der Waals surface area contributed by atoms with Crippen LogP contribution in [0.5, 0.6) is 5.75 Å². The van der Waals surface area contributed by atoms with E-state index in [0.717, 1.165) is 24.1 Å². The van der Waals surface area contributed by atoms with E-state index in [2.05, 4.69) is 10.6 Å². The summed E-state index contributed by atoms with van der Waals surface area (Å²) in [6, 6.07) is 8.78. The van der Waals surface area contributed by atoms with Crippen molar-refractivity contribution in [2.75, 3.05) is 17.7 Å². The second kappa shape index (κ2) is 7.95. The van der Waals surface area contributed by atoms with Gasteiger partial charge < -0.3 is 20.6 Å². The summed E-state index contributed by atoms with van der Waals surface area (Å²) in [5, 5.41) is 18.6. The van der Waals surface area contributed by atoms with Crippen molar-refractivity contribution >= 4 is 34.3 Å². The number of nitrogens with one attached hydrogen (secondary N) is 2. The highest BCUT2D eigenvalue weighted by atomic mass is 32.1. The molecule has 0 radical (unpaired) electrons. The molecule has 0 spiro atoms. The summed E-state index contributed by atoms with van der Waals surface area (Å²) in [5.74, 6) is -0.509. The summed E-state index contributed by atoms with van der Waals surface area (Å²) in [7, 11) is 1.72. The predicted molar refractivity (Wildman–Crippen MR) is 119 cm³/mol. The van der Waals surface area contributed by atoms with Crippen LogP contribution >= 0.6 is 11.3 Å². The Hall–Kier alpha value is -3.13. The van der Waals surface area contributed by atoms with Gasteiger partial charge in [-0.3, -0.25) is 14.4 Å². The van der Waals surface area contributed by atoms with E-state index in [9.17, 15) is 19.5 Å². The number of aromatic hydroxyl groups is 1. The van der Waals surface area contributed by atoms with E-state index in [1.807, 2.05) is 24.4 Å². The van der Waals surface area contributed by atoms with Crippen LogP contribution in [0.15, 0.2) is 45.3 Å². The van der Waals surface area contributed by atoms with Crippen molar-refractivity contribution in [3.8, 4) is 5.75 Å². The average molecular weight is 426 g/mol. The summed E-state index contributed by atoms with van der Waals surface area (Å²) in [6.07, 6.45) is 2.66. The van der Waals surface area contributed by atoms with Crippen LogP contribution < -0.4 is 21.5 Å². The van der Waals surface area contributed by atoms with E-state index < -0.39 is 10.9 Å². The molecule has 1 aliphatic carbocycles. The first-order chi connectivity index (χ1) is 14.4. The number of benzene rings is 1. The Morgan fingerprint density at radius 1 is 1.20 bits per heavy atom. The first kappa shape index (κ1) is 20.2. The third kappa shape index (κ3) is 3.59. The maximum Gasteiger partial charge on any atom is 0.257 e. The van der Waals surface area contributed by atoms with Crippen LogP contribution in [0.25, 0.3) is 0 Å². The van der Waals surface area contributed by atoms with E-state index in [4.69, 9.17) is 0 Å². The highest BCUT2D eigenvalue weighted by Gasteiger charge is 2.32. The third-order valence-corrected chi connectivity index (χ3v) is 6.45. The number of thiophene rings is 1. The average Bonchev–Trinajstić information content (AvgIpc) is 3.47. The summed E-state index contributed by atoms with van der Waals surface area (Å²) in [6.45, 7) is 1.99. The molecule has 1 heterocycles. The minimum Gasteiger partial charge on any atom is -0.505 e. The van der Waals surface area contributed by atoms with Crippen LogP contribution in [0.2, 0.25) is 0 Å². The molecule has 1 aliphatic rings. The van der Waals surface area contributed by atoms with Crippen molar-refractivity contribution in [2.45, 2.75) is 38.3 Å². The zero-order valence-electron chi connectivity index (χ0n) is 16.8. The van der Waals surface area contributed by atoms with Gasteiger partial charge in [-0.15, -0.1) is 11.3 Å². The Labute approximate surface area is 177 Å². The van der Waals surface area contributed by atoms with Gasteiger partial charge >= 0.3 is 0 Å². The quantitative estimate of drug-likeness (QED) is 0.377. The lowest BCUT2D eigenvalue weighted by atomic mass is 10.1. The smallest absolute Gasteiger partial charge is 0.257 e. The van der Waals surface area contributed by atoms with Gasteiger partial charge in [0, 0.05) is 18.0 Å². The number of rotatable bonds is 8. The Morgan fingerprint density at radius 2 is 1.93 bits per heavy atom. The molecule has 0 bridgehead atoms. The summed E-state index contributed by atoms with van der Waals surface area (Å²) in [4.78, 5) is 39.7. The van der Waals surface area contributed by atoms with E-state index in [1.165, 1.54) is 0 Å². The van der Waals surface area contributed by atoms with Gasteiger partial charge in [0.2, 0.25) is 0 Å². The Bertz CT molecular complexity index is 1140. The number of phenols is 1. The van der Waals surface area contributed by atoms with Crippen molar-refractivity contribution in [3.63, 3.8) is 0 Å². The van der Waals surface area contributed by atoms with Crippen molar-refractivity contribution in [2.24, 2.45) is 0 Å². The maximum atomic E-state index is 12.7. The second-order valence-corrected chi connectivity index (χ2v) is 8.48. The molecular formula is C22H23N3O4S. The molecule has 1 amide bonds. The van der Waals surface area contributed by atoms with Gasteiger partial charge in [-0.25, -0.2) is 0 Å². The monoisotopic (exact) mass is 425 g/mol. The zero-order valence-corrected chi connectivity index (χ0v) is 17.6. The number of nitrogens with zero attached hydrogens (tertiary/aromatic N) is 1. The molecule has 156 valence electrons. The van der Waals surface area contributed by atoms with Gasteiger partial charge in [0.05, 0.1) is 17.3 Å². The van der Waals surface area contributed by atoms with Gasteiger partial charge in [-0.05, 0) is 42.8 Å². The number of phenolic OH excluding ortho intramolecular Hbond substituents is 1. The molecule has 8 heteroatoms. The molecule has 1 atom stereocenters. The fraction of sp³-hybridized carbons (Fsp3) is 0.318. The molecule has 1 fully saturated rings. The first-order valence-electron chi connectivity index (χ1n) is 9.91. The van der Waals surface area contributed by atoms with Gasteiger partial charge in [0.25, 0.3) is 16.8 Å². The highest BCUT2D eigenvalue weighted by molar-refractivity contribution is 7.10. The lowest BCUT2D eigenvalue weighted by Gasteiger charge is -2.22. The van der Waals surface area contributed by atoms with Gasteiger partial charge in [0.15, 0.2) is 5.75 Å². The molecule has 3 N–H and O–H groups in total. The molecule has 0 saturated heterocycles. The van der Waals surface area contributed by atoms with E-state index in [1.54, 1.807) is 41.5 Å². The number of anilines is 3. The van der Waals surface area contributed by atoms with Crippen LogP contribution in [0.3, 0.4) is 0 Å². The number of hydrogen-bond acceptors (Lipinski definition) is 7. The summed E-state index contributed by atoms with van der Waals surface area (Å²) in [5.41, 5.74) is -0.564. The number of para-hydroxylation sites is 1. The molecule has 4 rings (SSSR count). The molecule has 1 aromatic heterocycles. The minimum atomic E-state index is -0.648. The summed E-state index contributed by atoms with van der Waals surface area (Å²) >= 11 is 1.57. The van der Waals surface area contributed by atoms with E-state index >= 15 is 0 Å². The van der Waals surface area contributed by atoms with Crippen LogP contribution in [0.1, 0.15) is 47.5 Å². The standard InChI is InChI=1S/C22H23N3O4S/c1-3-14(16-8-5-11-30-16)23-17-18(21(28)20(17)27)24-15-7-4-6-13(19(15)26)22(29)25(2)12-9-10-12/h4-8,11-12,14,23-24,26H,3,9-10H2,1-2H3/t14-/m1/s1. The highest BCUT2D eigenvalue weighted by Crippen LogP contribution is 2.35. The molecule has 2 aromatic carbocycles. The number of hydrogen-bond donors (Lipinski definition) is 3. The topological polar surface area (TPSA) is 98.7 Å². The van der Waals surface area contributed by atoms with E-state index in [0.29, 0.717) is 0 Å². The minimum absolute atomic E-state index is 0.0949. The normalized spacial score (nSPS) is 14.5. The molecule has 7 nitrogen and oxygen atoms in total. The van der Waals surface area contributed by atoms with Gasteiger partial charge in [0.1, 0.15) is 11.4 Å². The van der Waals surface area contributed by atoms with Crippen LogP contribution in [-0.2, 0) is 0 Å². The largest absolute Gasteiger partial charge is 0.505 e. The van der Waals surface area contributed by atoms with Crippen molar-refractivity contribution in [3.05, 3.63) is 66.6 Å². The van der Waals surface area contributed by atoms with Crippen molar-refractivity contribution in [1.82, 2.24) is 4.90 Å². The number of carbonyl (C=O) groups is 1. The second-order valence-electron chi connectivity index (χ2n) is 7.50. The molecule has 30 heavy (non-hydrogen) atoms. The lowest BCUT2D eigenvalue weighted by Crippen LogP contribution is -2.37. The van der Waals surface area contributed by atoms with Gasteiger partial charge in [-0.2, -0.15) is 0 Å². The van der Waals surface area contributed by atoms with Crippen LogP contribution in [0.4, 0.5) is 17.1 Å². The van der Waals surface area contributed by atoms with Gasteiger partial charge in [-0.1, -0.05) is 19.1 Å². The molecule has 1 saturated carbocycles. The van der Waals surface area contributed by atoms with Crippen molar-refractivity contribution < 1.29 is 9.90 Å². The Kier molecular flexibility index (Phi) is 5.34. The number of carbonyl (C=O) groups excluding carboxylic acids is 1. The molecule has 0 aliphatic heterocycles.